The summed E-state index contributed by atoms with van der Waals surface area (Å²) in [5, 5.41) is 0. The molecule has 1 atom stereocenters. The minimum atomic E-state index is -2.96. The van der Waals surface area contributed by atoms with Gasteiger partial charge in [-0.3, -0.25) is 9.69 Å². The Morgan fingerprint density at radius 1 is 1.23 bits per heavy atom. The Bertz CT molecular complexity index is 1040. The summed E-state index contributed by atoms with van der Waals surface area (Å²) in [4.78, 5) is 19.1. The quantitative estimate of drug-likeness (QED) is 0.775. The highest BCUT2D eigenvalue weighted by atomic mass is 19.3. The van der Waals surface area contributed by atoms with Crippen molar-refractivity contribution in [2.45, 2.75) is 44.3 Å². The van der Waals surface area contributed by atoms with Crippen LogP contribution in [0, 0.1) is 5.82 Å². The molecular weight excluding hydrogens is 395 g/mol. The van der Waals surface area contributed by atoms with Gasteiger partial charge in [0.2, 0.25) is 0 Å². The van der Waals surface area contributed by atoms with E-state index in [-0.39, 0.29) is 23.4 Å². The van der Waals surface area contributed by atoms with Crippen LogP contribution in [0.2, 0.25) is 0 Å². The monoisotopic (exact) mass is 417 g/mol. The molecule has 0 saturated heterocycles. The van der Waals surface area contributed by atoms with Gasteiger partial charge < -0.3 is 10.5 Å². The van der Waals surface area contributed by atoms with E-state index in [0.29, 0.717) is 28.7 Å². The summed E-state index contributed by atoms with van der Waals surface area (Å²) in [5.41, 5.74) is 6.49. The fourth-order valence-corrected chi connectivity index (χ4v) is 3.95. The van der Waals surface area contributed by atoms with Gasteiger partial charge in [0.25, 0.3) is 5.91 Å². The fourth-order valence-electron chi connectivity index (χ4n) is 3.95. The number of amides is 1. The Balaban J connectivity index is 1.91. The number of nitrogens with two attached hydrogens (primary N) is 1. The zero-order valence-corrected chi connectivity index (χ0v) is 16.7. The molecule has 0 aromatic heterocycles. The number of alkyl halides is 2. The smallest absolute Gasteiger partial charge is 0.387 e. The molecule has 1 saturated carbocycles. The molecule has 2 aromatic carbocycles. The summed E-state index contributed by atoms with van der Waals surface area (Å²) in [6, 6.07) is 9.12. The van der Waals surface area contributed by atoms with Gasteiger partial charge in [-0.15, -0.1) is 0 Å². The molecular formula is C22H22F3N3O2. The van der Waals surface area contributed by atoms with Crippen LogP contribution in [0.4, 0.5) is 13.2 Å². The van der Waals surface area contributed by atoms with Crippen LogP contribution in [0.3, 0.4) is 0 Å². The lowest BCUT2D eigenvalue weighted by Crippen LogP contribution is -2.41. The van der Waals surface area contributed by atoms with Crippen molar-refractivity contribution in [2.24, 2.45) is 10.7 Å². The number of aryl methyl sites for hydroxylation is 1. The first kappa shape index (κ1) is 20.3. The third-order valence-corrected chi connectivity index (χ3v) is 5.75. The van der Waals surface area contributed by atoms with E-state index >= 15 is 0 Å². The number of nitrogens with zero attached hydrogens (tertiary/aromatic N) is 2. The highest BCUT2D eigenvalue weighted by Crippen LogP contribution is 2.45. The Hall–Kier alpha value is -3.03. The first-order chi connectivity index (χ1) is 14.3. The van der Waals surface area contributed by atoms with E-state index in [1.54, 1.807) is 19.1 Å². The average Bonchev–Trinajstić information content (AvgIpc) is 3.53. The second kappa shape index (κ2) is 7.34. The predicted molar refractivity (Wildman–Crippen MR) is 106 cm³/mol. The molecule has 0 bridgehead atoms. The summed E-state index contributed by atoms with van der Waals surface area (Å²) in [5.74, 6) is -0.506. The number of carbonyl (C=O) groups excluding carboxylic acids is 1. The number of hydrogen-bond donors (Lipinski definition) is 1. The van der Waals surface area contributed by atoms with Crippen LogP contribution >= 0.6 is 0 Å². The van der Waals surface area contributed by atoms with Gasteiger partial charge >= 0.3 is 6.61 Å². The predicted octanol–water partition coefficient (Wildman–Crippen LogP) is 3.90. The molecule has 0 unspecified atom stereocenters. The van der Waals surface area contributed by atoms with Gasteiger partial charge in [0, 0.05) is 7.05 Å². The van der Waals surface area contributed by atoms with Crippen molar-refractivity contribution < 1.29 is 22.7 Å². The second-order valence-corrected chi connectivity index (χ2v) is 7.61. The standard InChI is InChI=1S/C22H22F3N3O2/c1-3-12-10-14(7-9-18(12)30-20(24)25)22(19(29)28(2)21(26)27-22)15-6-8-17(23)16(11-15)13-4-5-13/h6-11,13,20H,3-5H2,1-2H3,(H2,26,27)/t22-/m1/s1. The molecule has 2 N–H and O–H groups in total. The molecule has 30 heavy (non-hydrogen) atoms. The third-order valence-electron chi connectivity index (χ3n) is 5.75. The van der Waals surface area contributed by atoms with Gasteiger partial charge in [-0.25, -0.2) is 9.38 Å². The van der Waals surface area contributed by atoms with Crippen LogP contribution in [0.1, 0.15) is 47.9 Å². The molecule has 158 valence electrons. The van der Waals surface area contributed by atoms with Gasteiger partial charge in [-0.1, -0.05) is 19.1 Å². The lowest BCUT2D eigenvalue weighted by Gasteiger charge is -2.27. The number of guanidine groups is 1. The van der Waals surface area contributed by atoms with Crippen molar-refractivity contribution >= 4 is 11.9 Å². The molecule has 4 rings (SSSR count). The summed E-state index contributed by atoms with van der Waals surface area (Å²) in [6.07, 6.45) is 2.20. The van der Waals surface area contributed by atoms with Gasteiger partial charge in [0.1, 0.15) is 11.6 Å². The lowest BCUT2D eigenvalue weighted by atomic mass is 9.81. The largest absolute Gasteiger partial charge is 0.435 e. The maximum Gasteiger partial charge on any atom is 0.387 e. The van der Waals surface area contributed by atoms with Crippen molar-refractivity contribution in [3.05, 3.63) is 64.5 Å². The molecule has 5 nitrogen and oxygen atoms in total. The first-order valence-electron chi connectivity index (χ1n) is 9.79. The van der Waals surface area contributed by atoms with Gasteiger partial charge in [0.05, 0.1) is 0 Å². The number of carbonyl (C=O) groups is 1. The van der Waals surface area contributed by atoms with Crippen molar-refractivity contribution in [1.82, 2.24) is 4.90 Å². The average molecular weight is 417 g/mol. The molecule has 2 aromatic rings. The number of halogens is 3. The molecule has 8 heteroatoms. The van der Waals surface area contributed by atoms with Crippen molar-refractivity contribution in [1.29, 1.82) is 0 Å². The highest BCUT2D eigenvalue weighted by molar-refractivity contribution is 6.09. The van der Waals surface area contributed by atoms with E-state index in [1.165, 1.54) is 36.2 Å². The van der Waals surface area contributed by atoms with E-state index in [1.807, 2.05) is 0 Å². The molecule has 1 fully saturated rings. The number of benzene rings is 2. The minimum absolute atomic E-state index is 0.0308. The lowest BCUT2D eigenvalue weighted by molar-refractivity contribution is -0.129. The van der Waals surface area contributed by atoms with E-state index < -0.39 is 18.1 Å². The molecule has 1 aliphatic carbocycles. The first-order valence-corrected chi connectivity index (χ1v) is 9.79. The molecule has 0 spiro atoms. The van der Waals surface area contributed by atoms with E-state index in [9.17, 15) is 18.0 Å². The Kier molecular flexibility index (Phi) is 4.95. The molecule has 2 aliphatic rings. The number of rotatable bonds is 6. The number of aliphatic imine (C=N–C) groups is 1. The van der Waals surface area contributed by atoms with Crippen molar-refractivity contribution in [2.75, 3.05) is 7.05 Å². The molecule has 1 amide bonds. The molecule has 1 heterocycles. The van der Waals surface area contributed by atoms with Gasteiger partial charge in [-0.05, 0) is 71.7 Å². The summed E-state index contributed by atoms with van der Waals surface area (Å²) in [6.45, 7) is -1.16. The summed E-state index contributed by atoms with van der Waals surface area (Å²) < 4.78 is 44.5. The van der Waals surface area contributed by atoms with E-state index in [2.05, 4.69) is 9.73 Å². The maximum atomic E-state index is 14.4. The van der Waals surface area contributed by atoms with Crippen LogP contribution < -0.4 is 10.5 Å². The van der Waals surface area contributed by atoms with E-state index in [4.69, 9.17) is 5.73 Å². The SMILES string of the molecule is CCc1cc([C@]2(c3ccc(F)c(C4CC4)c3)N=C(N)N(C)C2=O)ccc1OC(F)F. The Morgan fingerprint density at radius 2 is 1.90 bits per heavy atom. The molecule has 1 aliphatic heterocycles. The summed E-state index contributed by atoms with van der Waals surface area (Å²) >= 11 is 0. The zero-order chi connectivity index (χ0) is 21.6. The van der Waals surface area contributed by atoms with Crippen molar-refractivity contribution in [3.63, 3.8) is 0 Å². The number of likely N-dealkylation sites (N-methyl/N-ethyl adjacent to an activating group) is 1. The normalized spacial score (nSPS) is 21.3. The van der Waals surface area contributed by atoms with Gasteiger partial charge in [-0.2, -0.15) is 8.78 Å². The Labute approximate surface area is 172 Å². The van der Waals surface area contributed by atoms with Crippen molar-refractivity contribution in [3.8, 4) is 5.75 Å². The van der Waals surface area contributed by atoms with Crippen LogP contribution in [-0.2, 0) is 16.8 Å². The van der Waals surface area contributed by atoms with Crippen LogP contribution in [-0.4, -0.2) is 30.4 Å². The topological polar surface area (TPSA) is 67.9 Å². The van der Waals surface area contributed by atoms with Crippen LogP contribution in [0.25, 0.3) is 0 Å². The number of hydrogen-bond acceptors (Lipinski definition) is 4. The highest BCUT2D eigenvalue weighted by Gasteiger charge is 2.50. The number of ether oxygens (including phenoxy) is 1. The van der Waals surface area contributed by atoms with Crippen LogP contribution in [0.15, 0.2) is 41.4 Å². The second-order valence-electron chi connectivity index (χ2n) is 7.61. The molecule has 0 radical (unpaired) electrons. The van der Waals surface area contributed by atoms with Gasteiger partial charge in [0.15, 0.2) is 11.5 Å². The minimum Gasteiger partial charge on any atom is -0.435 e. The zero-order valence-electron chi connectivity index (χ0n) is 16.7. The third kappa shape index (κ3) is 3.20. The summed E-state index contributed by atoms with van der Waals surface area (Å²) in [7, 11) is 1.52. The fraction of sp³-hybridized carbons (Fsp3) is 0.364. The van der Waals surface area contributed by atoms with Crippen LogP contribution in [0.5, 0.6) is 5.75 Å². The maximum absolute atomic E-state index is 14.4. The van der Waals surface area contributed by atoms with E-state index in [0.717, 1.165) is 12.8 Å². The Morgan fingerprint density at radius 3 is 2.47 bits per heavy atom.